The van der Waals surface area contributed by atoms with Crippen LogP contribution in [0, 0.1) is 33.6 Å². The molecule has 1 amide bonds. The van der Waals surface area contributed by atoms with E-state index in [2.05, 4.69) is 31.4 Å². The average Bonchev–Trinajstić information content (AvgIpc) is 3.40. The Morgan fingerprint density at radius 3 is 2.34 bits per heavy atom. The summed E-state index contributed by atoms with van der Waals surface area (Å²) >= 11 is 9.52. The minimum Gasteiger partial charge on any atom is -0.323 e. The second-order valence-corrected chi connectivity index (χ2v) is 8.89. The van der Waals surface area contributed by atoms with Crippen LogP contribution < -0.4 is 5.32 Å². The first-order chi connectivity index (χ1) is 13.8. The molecule has 1 aliphatic rings. The van der Waals surface area contributed by atoms with Crippen LogP contribution in [0.4, 0.5) is 5.69 Å². The number of aryl methyl sites for hydroxylation is 2. The van der Waals surface area contributed by atoms with Crippen molar-refractivity contribution >= 4 is 39.1 Å². The molecule has 152 valence electrons. The number of carbonyl (C=O) groups excluding carboxylic acids is 1. The number of rotatable bonds is 5. The molecule has 8 heteroatoms. The van der Waals surface area contributed by atoms with Crippen molar-refractivity contribution in [3.8, 4) is 0 Å². The fourth-order valence-electron chi connectivity index (χ4n) is 3.73. The third kappa shape index (κ3) is 3.85. The molecule has 0 radical (unpaired) electrons. The molecule has 4 rings (SSSR count). The van der Waals surface area contributed by atoms with E-state index < -0.39 is 0 Å². The Bertz CT molecular complexity index is 1090. The molecule has 29 heavy (non-hydrogen) atoms. The van der Waals surface area contributed by atoms with Gasteiger partial charge in [0.25, 0.3) is 0 Å². The standard InChI is InChI=1S/C21H23BrClN5O/c1-11-19(22)13(3)27(25-11)10-28-14(4)20(12(2)26-28)24-21(29)18-9-17(18)15-5-7-16(23)8-6-15/h5-8,17-18H,9-10H2,1-4H3,(H,24,29)/t17-,18-/m1/s1. The highest BCUT2D eigenvalue weighted by Gasteiger charge is 2.44. The van der Waals surface area contributed by atoms with Crippen LogP contribution in [-0.2, 0) is 11.5 Å². The van der Waals surface area contributed by atoms with E-state index in [1.54, 1.807) is 0 Å². The molecule has 1 aliphatic carbocycles. The van der Waals surface area contributed by atoms with Crippen LogP contribution in [0.1, 0.15) is 40.7 Å². The van der Waals surface area contributed by atoms with E-state index in [9.17, 15) is 4.79 Å². The van der Waals surface area contributed by atoms with Gasteiger partial charge in [-0.1, -0.05) is 23.7 Å². The number of hydrogen-bond acceptors (Lipinski definition) is 3. The molecule has 3 aromatic rings. The molecule has 0 spiro atoms. The number of amides is 1. The van der Waals surface area contributed by atoms with Gasteiger partial charge in [-0.25, -0.2) is 9.36 Å². The summed E-state index contributed by atoms with van der Waals surface area (Å²) in [6.45, 7) is 8.37. The third-order valence-corrected chi connectivity index (χ3v) is 7.02. The minimum atomic E-state index is -0.00899. The molecule has 6 nitrogen and oxygen atoms in total. The van der Waals surface area contributed by atoms with E-state index in [0.717, 1.165) is 44.9 Å². The lowest BCUT2D eigenvalue weighted by Gasteiger charge is -2.09. The molecule has 2 atom stereocenters. The predicted octanol–water partition coefficient (Wildman–Crippen LogP) is 4.98. The number of halogens is 2. The lowest BCUT2D eigenvalue weighted by atomic mass is 10.1. The second-order valence-electron chi connectivity index (χ2n) is 7.66. The van der Waals surface area contributed by atoms with Gasteiger partial charge in [0.05, 0.1) is 32.9 Å². The largest absolute Gasteiger partial charge is 0.323 e. The number of benzene rings is 1. The highest BCUT2D eigenvalue weighted by atomic mass is 79.9. The fourth-order valence-corrected chi connectivity index (χ4v) is 4.14. The van der Waals surface area contributed by atoms with Crippen LogP contribution in [0.15, 0.2) is 28.7 Å². The number of anilines is 1. The van der Waals surface area contributed by atoms with E-state index in [1.165, 1.54) is 0 Å². The van der Waals surface area contributed by atoms with Gasteiger partial charge >= 0.3 is 0 Å². The Hall–Kier alpha value is -2.12. The van der Waals surface area contributed by atoms with Crippen LogP contribution in [0.5, 0.6) is 0 Å². The summed E-state index contributed by atoms with van der Waals surface area (Å²) in [7, 11) is 0. The van der Waals surface area contributed by atoms with E-state index in [-0.39, 0.29) is 17.7 Å². The van der Waals surface area contributed by atoms with E-state index >= 15 is 0 Å². The van der Waals surface area contributed by atoms with Gasteiger partial charge in [-0.3, -0.25) is 4.79 Å². The minimum absolute atomic E-state index is 0.00899. The highest BCUT2D eigenvalue weighted by Crippen LogP contribution is 2.48. The first-order valence-electron chi connectivity index (χ1n) is 9.56. The summed E-state index contributed by atoms with van der Waals surface area (Å²) in [5, 5.41) is 13.0. The van der Waals surface area contributed by atoms with Gasteiger partial charge in [-0.05, 0) is 73.7 Å². The van der Waals surface area contributed by atoms with Gasteiger partial charge in [-0.15, -0.1) is 0 Å². The quantitative estimate of drug-likeness (QED) is 0.565. The van der Waals surface area contributed by atoms with Gasteiger partial charge in [0.1, 0.15) is 6.67 Å². The molecule has 1 N–H and O–H groups in total. The zero-order valence-electron chi connectivity index (χ0n) is 16.8. The van der Waals surface area contributed by atoms with Crippen molar-refractivity contribution in [1.29, 1.82) is 0 Å². The maximum Gasteiger partial charge on any atom is 0.228 e. The topological polar surface area (TPSA) is 64.7 Å². The first kappa shape index (κ1) is 20.2. The van der Waals surface area contributed by atoms with Crippen LogP contribution in [0.2, 0.25) is 5.02 Å². The zero-order valence-corrected chi connectivity index (χ0v) is 19.2. The Labute approximate surface area is 183 Å². The van der Waals surface area contributed by atoms with Crippen LogP contribution >= 0.6 is 27.5 Å². The third-order valence-electron chi connectivity index (χ3n) is 5.62. The van der Waals surface area contributed by atoms with E-state index in [4.69, 9.17) is 11.6 Å². The number of carbonyl (C=O) groups is 1. The summed E-state index contributed by atoms with van der Waals surface area (Å²) in [4.78, 5) is 12.8. The summed E-state index contributed by atoms with van der Waals surface area (Å²) in [5.41, 5.74) is 5.67. The average molecular weight is 477 g/mol. The second kappa shape index (κ2) is 7.61. The molecule has 0 bridgehead atoms. The fraction of sp³-hybridized carbons (Fsp3) is 0.381. The van der Waals surface area contributed by atoms with Crippen molar-refractivity contribution in [2.75, 3.05) is 5.32 Å². The van der Waals surface area contributed by atoms with Crippen molar-refractivity contribution in [3.63, 3.8) is 0 Å². The summed E-state index contributed by atoms with van der Waals surface area (Å²) in [6, 6.07) is 7.75. The van der Waals surface area contributed by atoms with Gasteiger partial charge in [0.15, 0.2) is 0 Å². The first-order valence-corrected chi connectivity index (χ1v) is 10.7. The summed E-state index contributed by atoms with van der Waals surface area (Å²) < 4.78 is 4.79. The van der Waals surface area contributed by atoms with Crippen LogP contribution in [0.25, 0.3) is 0 Å². The molecule has 0 unspecified atom stereocenters. The van der Waals surface area contributed by atoms with Gasteiger partial charge < -0.3 is 5.32 Å². The van der Waals surface area contributed by atoms with Crippen molar-refractivity contribution < 1.29 is 4.79 Å². The molecule has 1 aromatic carbocycles. The molecule has 0 aliphatic heterocycles. The van der Waals surface area contributed by atoms with Crippen molar-refractivity contribution in [2.45, 2.75) is 46.7 Å². The maximum atomic E-state index is 12.8. The van der Waals surface area contributed by atoms with E-state index in [1.807, 2.05) is 61.3 Å². The van der Waals surface area contributed by atoms with Gasteiger partial charge in [-0.2, -0.15) is 10.2 Å². The number of hydrogen-bond donors (Lipinski definition) is 1. The normalized spacial score (nSPS) is 18.1. The number of nitrogens with one attached hydrogen (secondary N) is 1. The smallest absolute Gasteiger partial charge is 0.228 e. The highest BCUT2D eigenvalue weighted by molar-refractivity contribution is 9.10. The lowest BCUT2D eigenvalue weighted by molar-refractivity contribution is -0.117. The van der Waals surface area contributed by atoms with Crippen LogP contribution in [0.3, 0.4) is 0 Å². The van der Waals surface area contributed by atoms with Crippen molar-refractivity contribution in [2.24, 2.45) is 5.92 Å². The van der Waals surface area contributed by atoms with Crippen molar-refractivity contribution in [1.82, 2.24) is 19.6 Å². The van der Waals surface area contributed by atoms with Crippen LogP contribution in [-0.4, -0.2) is 25.5 Å². The van der Waals surface area contributed by atoms with E-state index in [0.29, 0.717) is 11.7 Å². The molecule has 2 heterocycles. The lowest BCUT2D eigenvalue weighted by Crippen LogP contribution is -2.17. The SMILES string of the molecule is Cc1nn(Cn2nc(C)c(NC(=O)[C@@H]3C[C@@H]3c3ccc(Cl)cc3)c2C)c(C)c1Br. The molecular formula is C21H23BrClN5O. The Morgan fingerprint density at radius 2 is 1.72 bits per heavy atom. The Kier molecular flexibility index (Phi) is 5.29. The summed E-state index contributed by atoms with van der Waals surface area (Å²) in [6.07, 6.45) is 0.861. The summed E-state index contributed by atoms with van der Waals surface area (Å²) in [5.74, 6) is 0.296. The molecule has 0 saturated heterocycles. The molecule has 2 aromatic heterocycles. The van der Waals surface area contributed by atoms with Crippen molar-refractivity contribution in [3.05, 3.63) is 62.1 Å². The van der Waals surface area contributed by atoms with Gasteiger partial charge in [0.2, 0.25) is 5.91 Å². The number of aromatic nitrogens is 4. The van der Waals surface area contributed by atoms with Gasteiger partial charge in [0, 0.05) is 10.9 Å². The zero-order chi connectivity index (χ0) is 20.9. The maximum absolute atomic E-state index is 12.8. The Balaban J connectivity index is 1.47. The monoisotopic (exact) mass is 475 g/mol. The molecule has 1 saturated carbocycles. The molecular weight excluding hydrogens is 454 g/mol. The predicted molar refractivity (Wildman–Crippen MR) is 117 cm³/mol. The number of nitrogens with zero attached hydrogens (tertiary/aromatic N) is 4. The molecule has 1 fully saturated rings. The Morgan fingerprint density at radius 1 is 1.10 bits per heavy atom.